The molecule has 0 aromatic heterocycles. The first kappa shape index (κ1) is 15.5. The van der Waals surface area contributed by atoms with Gasteiger partial charge in [0.15, 0.2) is 0 Å². The molecule has 2 heterocycles. The minimum Gasteiger partial charge on any atom is -0.316 e. The van der Waals surface area contributed by atoms with Crippen molar-refractivity contribution in [2.45, 2.75) is 32.4 Å². The van der Waals surface area contributed by atoms with Crippen molar-refractivity contribution in [1.29, 1.82) is 0 Å². The van der Waals surface area contributed by atoms with Crippen molar-refractivity contribution in [2.24, 2.45) is 11.8 Å². The fraction of sp³-hybridized carbons (Fsp3) is 0.625. The van der Waals surface area contributed by atoms with Gasteiger partial charge in [0.25, 0.3) is 0 Å². The summed E-state index contributed by atoms with van der Waals surface area (Å²) in [6.07, 6.45) is 0. The molecular formula is C16H21Cl2FN2. The van der Waals surface area contributed by atoms with Crippen molar-refractivity contribution < 1.29 is 4.39 Å². The number of hydrogen-bond donors (Lipinski definition) is 1. The summed E-state index contributed by atoms with van der Waals surface area (Å²) in [6, 6.07) is 3.07. The van der Waals surface area contributed by atoms with E-state index in [0.29, 0.717) is 16.9 Å². The minimum absolute atomic E-state index is 0.0740. The lowest BCUT2D eigenvalue weighted by Gasteiger charge is -2.40. The molecule has 21 heavy (non-hydrogen) atoms. The van der Waals surface area contributed by atoms with Gasteiger partial charge in [-0.15, -0.1) is 0 Å². The third-order valence-electron chi connectivity index (χ3n) is 5.38. The van der Waals surface area contributed by atoms with Crippen LogP contribution in [0, 0.1) is 17.7 Å². The molecule has 1 N–H and O–H groups in total. The Morgan fingerprint density at radius 2 is 2.00 bits per heavy atom. The SMILES string of the molecule is CC(c1cc(F)c(Cl)cc1Cl)N1CC2CNCC2C1(C)C. The number of nitrogens with one attached hydrogen (secondary N) is 1. The van der Waals surface area contributed by atoms with E-state index in [1.54, 1.807) is 0 Å². The van der Waals surface area contributed by atoms with E-state index >= 15 is 0 Å². The Kier molecular flexibility index (Phi) is 3.98. The third kappa shape index (κ3) is 2.48. The van der Waals surface area contributed by atoms with Gasteiger partial charge in [0.2, 0.25) is 0 Å². The van der Waals surface area contributed by atoms with Crippen LogP contribution < -0.4 is 5.32 Å². The maximum absolute atomic E-state index is 13.8. The van der Waals surface area contributed by atoms with Crippen LogP contribution in [0.25, 0.3) is 0 Å². The number of fused-ring (bicyclic) bond motifs is 1. The highest BCUT2D eigenvalue weighted by atomic mass is 35.5. The van der Waals surface area contributed by atoms with Crippen LogP contribution in [0.1, 0.15) is 32.4 Å². The number of nitrogens with zero attached hydrogens (tertiary/aromatic N) is 1. The van der Waals surface area contributed by atoms with Gasteiger partial charge in [-0.25, -0.2) is 4.39 Å². The van der Waals surface area contributed by atoms with Crippen molar-refractivity contribution >= 4 is 23.2 Å². The first-order valence-electron chi connectivity index (χ1n) is 7.44. The molecule has 2 aliphatic heterocycles. The van der Waals surface area contributed by atoms with Gasteiger partial charge in [0.05, 0.1) is 5.02 Å². The zero-order valence-electron chi connectivity index (χ0n) is 12.6. The molecule has 5 heteroatoms. The van der Waals surface area contributed by atoms with Crippen molar-refractivity contribution in [2.75, 3.05) is 19.6 Å². The predicted octanol–water partition coefficient (Wildman–Crippen LogP) is 4.12. The second-order valence-corrected chi connectivity index (χ2v) is 7.61. The Bertz CT molecular complexity index is 561. The molecule has 0 aliphatic carbocycles. The van der Waals surface area contributed by atoms with E-state index in [9.17, 15) is 4.39 Å². The Labute approximate surface area is 135 Å². The fourth-order valence-corrected chi connectivity index (χ4v) is 4.68. The Hall–Kier alpha value is -0.350. The summed E-state index contributed by atoms with van der Waals surface area (Å²) in [4.78, 5) is 2.46. The first-order chi connectivity index (χ1) is 9.82. The molecule has 0 radical (unpaired) electrons. The van der Waals surface area contributed by atoms with Crippen LogP contribution in [0.5, 0.6) is 0 Å². The van der Waals surface area contributed by atoms with Gasteiger partial charge in [-0.05, 0) is 56.8 Å². The summed E-state index contributed by atoms with van der Waals surface area (Å²) >= 11 is 12.1. The quantitative estimate of drug-likeness (QED) is 0.820. The fourth-order valence-electron chi connectivity index (χ4n) is 4.14. The molecule has 3 rings (SSSR count). The molecule has 0 spiro atoms. The Balaban J connectivity index is 1.92. The lowest BCUT2D eigenvalue weighted by atomic mass is 9.84. The van der Waals surface area contributed by atoms with Crippen LogP contribution >= 0.6 is 23.2 Å². The highest BCUT2D eigenvalue weighted by Gasteiger charge is 2.51. The van der Waals surface area contributed by atoms with Gasteiger partial charge < -0.3 is 5.32 Å². The van der Waals surface area contributed by atoms with E-state index < -0.39 is 5.82 Å². The number of hydrogen-bond acceptors (Lipinski definition) is 2. The molecule has 0 amide bonds. The summed E-state index contributed by atoms with van der Waals surface area (Å²) in [5, 5.41) is 4.10. The average Bonchev–Trinajstić information content (AvgIpc) is 2.96. The van der Waals surface area contributed by atoms with Crippen LogP contribution in [0.2, 0.25) is 10.0 Å². The summed E-state index contributed by atoms with van der Waals surface area (Å²) in [6.45, 7) is 9.81. The van der Waals surface area contributed by atoms with Crippen molar-refractivity contribution in [3.63, 3.8) is 0 Å². The molecule has 3 atom stereocenters. The lowest BCUT2D eigenvalue weighted by molar-refractivity contribution is 0.0969. The van der Waals surface area contributed by atoms with Gasteiger partial charge in [-0.1, -0.05) is 23.2 Å². The third-order valence-corrected chi connectivity index (χ3v) is 5.99. The van der Waals surface area contributed by atoms with Gasteiger partial charge in [0.1, 0.15) is 5.82 Å². The van der Waals surface area contributed by atoms with E-state index in [1.165, 1.54) is 12.1 Å². The highest BCUT2D eigenvalue weighted by molar-refractivity contribution is 6.35. The number of rotatable bonds is 2. The lowest BCUT2D eigenvalue weighted by Crippen LogP contribution is -2.45. The smallest absolute Gasteiger partial charge is 0.142 e. The van der Waals surface area contributed by atoms with Crippen molar-refractivity contribution in [3.8, 4) is 0 Å². The zero-order valence-corrected chi connectivity index (χ0v) is 14.1. The first-order valence-corrected chi connectivity index (χ1v) is 8.20. The highest BCUT2D eigenvalue weighted by Crippen LogP contribution is 2.46. The van der Waals surface area contributed by atoms with Crippen LogP contribution in [0.15, 0.2) is 12.1 Å². The molecule has 1 aromatic rings. The zero-order chi connectivity index (χ0) is 15.4. The maximum atomic E-state index is 13.8. The molecule has 3 unspecified atom stereocenters. The second-order valence-electron chi connectivity index (χ2n) is 6.79. The summed E-state index contributed by atoms with van der Waals surface area (Å²) < 4.78 is 13.8. The van der Waals surface area contributed by atoms with E-state index in [4.69, 9.17) is 23.2 Å². The van der Waals surface area contributed by atoms with E-state index in [0.717, 1.165) is 25.2 Å². The van der Waals surface area contributed by atoms with Gasteiger partial charge in [0, 0.05) is 29.7 Å². The largest absolute Gasteiger partial charge is 0.316 e. The predicted molar refractivity (Wildman–Crippen MR) is 85.5 cm³/mol. The van der Waals surface area contributed by atoms with Crippen LogP contribution in [-0.4, -0.2) is 30.1 Å². The molecule has 2 nitrogen and oxygen atoms in total. The molecule has 116 valence electrons. The van der Waals surface area contributed by atoms with Crippen molar-refractivity contribution in [3.05, 3.63) is 33.6 Å². The summed E-state index contributed by atoms with van der Waals surface area (Å²) in [5.41, 5.74) is 0.895. The van der Waals surface area contributed by atoms with E-state index in [-0.39, 0.29) is 16.6 Å². The molecule has 0 saturated carbocycles. The second kappa shape index (κ2) is 5.38. The van der Waals surface area contributed by atoms with E-state index in [1.807, 2.05) is 0 Å². The summed E-state index contributed by atoms with van der Waals surface area (Å²) in [5.74, 6) is 0.899. The topological polar surface area (TPSA) is 15.3 Å². The molecule has 1 aromatic carbocycles. The maximum Gasteiger partial charge on any atom is 0.142 e. The molecule has 2 aliphatic rings. The van der Waals surface area contributed by atoms with Crippen LogP contribution in [0.3, 0.4) is 0 Å². The molecule has 2 fully saturated rings. The van der Waals surface area contributed by atoms with Crippen LogP contribution in [-0.2, 0) is 0 Å². The Morgan fingerprint density at radius 1 is 1.29 bits per heavy atom. The molecule has 0 bridgehead atoms. The minimum atomic E-state index is -0.401. The standard InChI is InChI=1S/C16H21Cl2FN2/c1-9(11-4-15(19)14(18)5-13(11)17)21-8-10-6-20-7-12(10)16(21,2)3/h4-5,9-10,12,20H,6-8H2,1-3H3. The number of benzene rings is 1. The molecule has 2 saturated heterocycles. The van der Waals surface area contributed by atoms with Gasteiger partial charge >= 0.3 is 0 Å². The number of halogens is 3. The van der Waals surface area contributed by atoms with Crippen LogP contribution in [0.4, 0.5) is 4.39 Å². The normalized spacial score (nSPS) is 29.6. The Morgan fingerprint density at radius 3 is 2.67 bits per heavy atom. The molecular weight excluding hydrogens is 310 g/mol. The summed E-state index contributed by atoms with van der Waals surface area (Å²) in [7, 11) is 0. The van der Waals surface area contributed by atoms with E-state index in [2.05, 4.69) is 31.0 Å². The monoisotopic (exact) mass is 330 g/mol. The average molecular weight is 331 g/mol. The number of likely N-dealkylation sites (tertiary alicyclic amines) is 1. The van der Waals surface area contributed by atoms with Crippen molar-refractivity contribution in [1.82, 2.24) is 10.2 Å². The van der Waals surface area contributed by atoms with Gasteiger partial charge in [-0.2, -0.15) is 0 Å². The van der Waals surface area contributed by atoms with Gasteiger partial charge in [-0.3, -0.25) is 4.90 Å².